The van der Waals surface area contributed by atoms with Gasteiger partial charge >= 0.3 is 0 Å². The fourth-order valence-corrected chi connectivity index (χ4v) is 2.44. The first kappa shape index (κ1) is 15.0. The first-order chi connectivity index (χ1) is 11.3. The summed E-state index contributed by atoms with van der Waals surface area (Å²) in [6.45, 7) is 0. The molecule has 0 fully saturated rings. The van der Waals surface area contributed by atoms with Gasteiger partial charge in [-0.1, -0.05) is 60.7 Å². The van der Waals surface area contributed by atoms with E-state index in [1.54, 1.807) is 7.11 Å². The predicted molar refractivity (Wildman–Crippen MR) is 95.8 cm³/mol. The van der Waals surface area contributed by atoms with Crippen molar-refractivity contribution in [2.75, 3.05) is 7.11 Å². The molecule has 3 aromatic carbocycles. The van der Waals surface area contributed by atoms with E-state index in [0.717, 1.165) is 29.1 Å². The largest absolute Gasteiger partial charge is 0.497 e. The molecule has 0 N–H and O–H groups in total. The van der Waals surface area contributed by atoms with Gasteiger partial charge in [-0.05, 0) is 35.4 Å². The molecule has 0 aliphatic heterocycles. The molecule has 0 atom stereocenters. The van der Waals surface area contributed by atoms with Crippen molar-refractivity contribution < 1.29 is 4.74 Å². The average Bonchev–Trinajstić information content (AvgIpc) is 2.63. The third-order valence-corrected chi connectivity index (χ3v) is 3.66. The number of rotatable bonds is 5. The molecule has 23 heavy (non-hydrogen) atoms. The van der Waals surface area contributed by atoms with E-state index in [0.29, 0.717) is 0 Å². The number of aliphatic imine (C=N–C) groups is 1. The standard InChI is InChI=1S/C21H19NO/c1-23-20-14-12-19(13-15-20)22-21(18-10-6-3-7-11-18)16-17-8-4-2-5-9-17/h2-15H,16H2,1H3/b22-21+. The van der Waals surface area contributed by atoms with Crippen LogP contribution in [-0.4, -0.2) is 12.8 Å². The number of ether oxygens (including phenoxy) is 1. The van der Waals surface area contributed by atoms with E-state index >= 15 is 0 Å². The van der Waals surface area contributed by atoms with Crippen molar-refractivity contribution in [3.8, 4) is 5.75 Å². The normalized spacial score (nSPS) is 11.3. The highest BCUT2D eigenvalue weighted by Gasteiger charge is 2.05. The molecule has 0 unspecified atom stereocenters. The minimum atomic E-state index is 0.802. The third-order valence-electron chi connectivity index (χ3n) is 3.66. The quantitative estimate of drug-likeness (QED) is 0.604. The lowest BCUT2D eigenvalue weighted by molar-refractivity contribution is 0.415. The summed E-state index contributed by atoms with van der Waals surface area (Å²) in [5.41, 5.74) is 4.39. The summed E-state index contributed by atoms with van der Waals surface area (Å²) < 4.78 is 5.21. The van der Waals surface area contributed by atoms with Crippen LogP contribution in [0.2, 0.25) is 0 Å². The van der Waals surface area contributed by atoms with Crippen LogP contribution in [0.4, 0.5) is 5.69 Å². The molecule has 114 valence electrons. The minimum Gasteiger partial charge on any atom is -0.497 e. The smallest absolute Gasteiger partial charge is 0.119 e. The van der Waals surface area contributed by atoms with E-state index in [1.807, 2.05) is 48.5 Å². The Morgan fingerprint density at radius 2 is 1.39 bits per heavy atom. The highest BCUT2D eigenvalue weighted by atomic mass is 16.5. The van der Waals surface area contributed by atoms with Gasteiger partial charge < -0.3 is 4.74 Å². The molecule has 0 aromatic heterocycles. The second kappa shape index (κ2) is 7.41. The van der Waals surface area contributed by atoms with Crippen molar-refractivity contribution in [3.05, 3.63) is 96.1 Å². The number of hydrogen-bond acceptors (Lipinski definition) is 2. The van der Waals surface area contributed by atoms with Crippen molar-refractivity contribution in [2.24, 2.45) is 4.99 Å². The summed E-state index contributed by atoms with van der Waals surface area (Å²) >= 11 is 0. The van der Waals surface area contributed by atoms with Gasteiger partial charge in [-0.25, -0.2) is 0 Å². The summed E-state index contributed by atoms with van der Waals surface area (Å²) in [6.07, 6.45) is 0.802. The van der Waals surface area contributed by atoms with Crippen LogP contribution >= 0.6 is 0 Å². The molecule has 2 nitrogen and oxygen atoms in total. The van der Waals surface area contributed by atoms with E-state index in [-0.39, 0.29) is 0 Å². The fourth-order valence-electron chi connectivity index (χ4n) is 2.44. The first-order valence-corrected chi connectivity index (χ1v) is 7.66. The summed E-state index contributed by atoms with van der Waals surface area (Å²) in [6, 6.07) is 28.6. The van der Waals surface area contributed by atoms with Crippen molar-refractivity contribution in [2.45, 2.75) is 6.42 Å². The molecule has 0 heterocycles. The Morgan fingerprint density at radius 3 is 2.00 bits per heavy atom. The van der Waals surface area contributed by atoms with E-state index in [9.17, 15) is 0 Å². The maximum atomic E-state index is 5.21. The number of nitrogens with zero attached hydrogens (tertiary/aromatic N) is 1. The van der Waals surface area contributed by atoms with E-state index in [4.69, 9.17) is 9.73 Å². The van der Waals surface area contributed by atoms with Gasteiger partial charge in [0.15, 0.2) is 0 Å². The van der Waals surface area contributed by atoms with Crippen LogP contribution in [0, 0.1) is 0 Å². The average molecular weight is 301 g/mol. The molecule has 0 aliphatic rings. The Morgan fingerprint density at radius 1 is 0.783 bits per heavy atom. The Labute approximate surface area is 137 Å². The van der Waals surface area contributed by atoms with Crippen LogP contribution in [0.15, 0.2) is 89.9 Å². The zero-order valence-electron chi connectivity index (χ0n) is 13.1. The van der Waals surface area contributed by atoms with Gasteiger partial charge in [-0.15, -0.1) is 0 Å². The summed E-state index contributed by atoms with van der Waals surface area (Å²) in [4.78, 5) is 4.86. The van der Waals surface area contributed by atoms with Gasteiger partial charge in [0.05, 0.1) is 18.5 Å². The second-order valence-electron chi connectivity index (χ2n) is 5.28. The lowest BCUT2D eigenvalue weighted by Crippen LogP contribution is -2.05. The molecule has 0 saturated heterocycles. The molecule has 0 spiro atoms. The van der Waals surface area contributed by atoms with Gasteiger partial charge in [-0.2, -0.15) is 0 Å². The first-order valence-electron chi connectivity index (χ1n) is 7.66. The van der Waals surface area contributed by atoms with E-state index in [2.05, 4.69) is 36.4 Å². The summed E-state index contributed by atoms with van der Waals surface area (Å²) in [5, 5.41) is 0. The lowest BCUT2D eigenvalue weighted by Gasteiger charge is -2.08. The maximum absolute atomic E-state index is 5.21. The predicted octanol–water partition coefficient (Wildman–Crippen LogP) is 5.06. The van der Waals surface area contributed by atoms with Crippen LogP contribution < -0.4 is 4.74 Å². The highest BCUT2D eigenvalue weighted by Crippen LogP contribution is 2.20. The molecular weight excluding hydrogens is 282 g/mol. The molecule has 0 bridgehead atoms. The van der Waals surface area contributed by atoms with E-state index < -0.39 is 0 Å². The summed E-state index contributed by atoms with van der Waals surface area (Å²) in [7, 11) is 1.67. The lowest BCUT2D eigenvalue weighted by atomic mass is 10.0. The van der Waals surface area contributed by atoms with Crippen molar-refractivity contribution >= 4 is 11.4 Å². The van der Waals surface area contributed by atoms with Gasteiger partial charge in [-0.3, -0.25) is 4.99 Å². The zero-order valence-corrected chi connectivity index (χ0v) is 13.1. The summed E-state index contributed by atoms with van der Waals surface area (Å²) in [5.74, 6) is 0.841. The van der Waals surface area contributed by atoms with Crippen LogP contribution in [0.1, 0.15) is 11.1 Å². The van der Waals surface area contributed by atoms with Crippen molar-refractivity contribution in [3.63, 3.8) is 0 Å². The van der Waals surface area contributed by atoms with Gasteiger partial charge in [0, 0.05) is 6.42 Å². The molecule has 2 heteroatoms. The second-order valence-corrected chi connectivity index (χ2v) is 5.28. The number of benzene rings is 3. The monoisotopic (exact) mass is 301 g/mol. The van der Waals surface area contributed by atoms with Crippen molar-refractivity contribution in [1.82, 2.24) is 0 Å². The fraction of sp³-hybridized carbons (Fsp3) is 0.0952. The van der Waals surface area contributed by atoms with Gasteiger partial charge in [0.2, 0.25) is 0 Å². The van der Waals surface area contributed by atoms with E-state index in [1.165, 1.54) is 5.56 Å². The van der Waals surface area contributed by atoms with Gasteiger partial charge in [0.25, 0.3) is 0 Å². The Bertz CT molecular complexity index is 762. The Balaban J connectivity index is 1.95. The van der Waals surface area contributed by atoms with Crippen LogP contribution in [0.25, 0.3) is 0 Å². The number of hydrogen-bond donors (Lipinski definition) is 0. The number of methoxy groups -OCH3 is 1. The Kier molecular flexibility index (Phi) is 4.85. The molecule has 3 aromatic rings. The molecule has 0 amide bonds. The maximum Gasteiger partial charge on any atom is 0.119 e. The van der Waals surface area contributed by atoms with Crippen LogP contribution in [-0.2, 0) is 6.42 Å². The molecule has 0 saturated carbocycles. The molecule has 0 radical (unpaired) electrons. The molecule has 3 rings (SSSR count). The highest BCUT2D eigenvalue weighted by molar-refractivity contribution is 6.03. The molecular formula is C21H19NO. The minimum absolute atomic E-state index is 0.802. The molecule has 0 aliphatic carbocycles. The third kappa shape index (κ3) is 4.07. The topological polar surface area (TPSA) is 21.6 Å². The van der Waals surface area contributed by atoms with Gasteiger partial charge in [0.1, 0.15) is 5.75 Å². The zero-order chi connectivity index (χ0) is 15.9. The van der Waals surface area contributed by atoms with Crippen molar-refractivity contribution in [1.29, 1.82) is 0 Å². The SMILES string of the molecule is COc1ccc(/N=C(\Cc2ccccc2)c2ccccc2)cc1. The Hall–Kier alpha value is -2.87. The van der Waals surface area contributed by atoms with Crippen LogP contribution in [0.5, 0.6) is 5.75 Å². The van der Waals surface area contributed by atoms with Crippen LogP contribution in [0.3, 0.4) is 0 Å².